The SMILES string of the molecule is Cc1nn(-c2ccc(F)cc2)c2sc(C(=O)OCC(O)=C(C#N)c3nc4ccccc4[nH]3)cc12. The minimum absolute atomic E-state index is 0.108. The number of nitriles is 1. The first-order chi connectivity index (χ1) is 16.4. The Morgan fingerprint density at radius 1 is 1.26 bits per heavy atom. The van der Waals surface area contributed by atoms with Crippen LogP contribution in [0.3, 0.4) is 0 Å². The van der Waals surface area contributed by atoms with Crippen molar-refractivity contribution in [1.29, 1.82) is 5.26 Å². The first-order valence-corrected chi connectivity index (χ1v) is 11.0. The number of aryl methyl sites for hydroxylation is 1. The van der Waals surface area contributed by atoms with Crippen LogP contribution in [0, 0.1) is 24.1 Å². The average Bonchev–Trinajstić information content (AvgIpc) is 3.53. The highest BCUT2D eigenvalue weighted by Gasteiger charge is 2.20. The van der Waals surface area contributed by atoms with Gasteiger partial charge in [0.2, 0.25) is 0 Å². The van der Waals surface area contributed by atoms with E-state index in [1.165, 1.54) is 23.5 Å². The second-order valence-electron chi connectivity index (χ2n) is 7.42. The number of para-hydroxylation sites is 2. The number of aromatic amines is 1. The number of nitrogens with zero attached hydrogens (tertiary/aromatic N) is 4. The number of hydrogen-bond donors (Lipinski definition) is 2. The number of allylic oxidation sites excluding steroid dienone is 1. The van der Waals surface area contributed by atoms with Crippen molar-refractivity contribution in [2.75, 3.05) is 6.61 Å². The van der Waals surface area contributed by atoms with Crippen LogP contribution in [0.4, 0.5) is 4.39 Å². The number of ether oxygens (including phenoxy) is 1. The predicted octanol–water partition coefficient (Wildman–Crippen LogP) is 5.06. The summed E-state index contributed by atoms with van der Waals surface area (Å²) in [6.07, 6.45) is 0. The van der Waals surface area contributed by atoms with Crippen molar-refractivity contribution in [1.82, 2.24) is 19.7 Å². The number of aliphatic hydroxyl groups is 1. The van der Waals surface area contributed by atoms with E-state index in [1.807, 2.05) is 25.1 Å². The number of imidazole rings is 1. The van der Waals surface area contributed by atoms with Crippen molar-refractivity contribution in [2.45, 2.75) is 6.92 Å². The third-order valence-corrected chi connectivity index (χ3v) is 6.27. The molecule has 3 aromatic heterocycles. The number of carbonyl (C=O) groups excluding carboxylic acids is 1. The molecule has 0 unspecified atom stereocenters. The molecule has 0 aliphatic heterocycles. The number of aliphatic hydroxyl groups excluding tert-OH is 1. The molecule has 0 fully saturated rings. The molecule has 0 bridgehead atoms. The maximum atomic E-state index is 13.3. The van der Waals surface area contributed by atoms with Gasteiger partial charge in [0.1, 0.15) is 33.8 Å². The lowest BCUT2D eigenvalue weighted by atomic mass is 10.2. The predicted molar refractivity (Wildman–Crippen MR) is 125 cm³/mol. The van der Waals surface area contributed by atoms with Gasteiger partial charge in [-0.15, -0.1) is 11.3 Å². The Labute approximate surface area is 196 Å². The van der Waals surface area contributed by atoms with Crippen LogP contribution in [0.1, 0.15) is 21.2 Å². The van der Waals surface area contributed by atoms with Crippen molar-refractivity contribution in [3.05, 3.63) is 82.6 Å². The van der Waals surface area contributed by atoms with Crippen LogP contribution < -0.4 is 0 Å². The second kappa shape index (κ2) is 8.46. The maximum absolute atomic E-state index is 13.3. The molecule has 168 valence electrons. The lowest BCUT2D eigenvalue weighted by Gasteiger charge is -2.04. The fourth-order valence-corrected chi connectivity index (χ4v) is 4.58. The monoisotopic (exact) mass is 473 g/mol. The van der Waals surface area contributed by atoms with E-state index in [2.05, 4.69) is 15.1 Å². The van der Waals surface area contributed by atoms with Gasteiger partial charge in [0.15, 0.2) is 11.6 Å². The average molecular weight is 473 g/mol. The standard InChI is InChI=1S/C24H16FN5O3S/c1-13-16-10-21(34-23(16)30(29-13)15-8-6-14(25)7-9-15)24(32)33-12-20(31)17(11-26)22-27-18-4-2-3-5-19(18)28-22/h2-10,31H,12H2,1H3,(H,27,28). The lowest BCUT2D eigenvalue weighted by molar-refractivity contribution is 0.0508. The fourth-order valence-electron chi connectivity index (χ4n) is 3.51. The molecule has 0 spiro atoms. The largest absolute Gasteiger partial charge is 0.507 e. The van der Waals surface area contributed by atoms with Crippen LogP contribution in [0.2, 0.25) is 0 Å². The smallest absolute Gasteiger partial charge is 0.348 e. The number of rotatable bonds is 5. The zero-order valence-corrected chi connectivity index (χ0v) is 18.6. The van der Waals surface area contributed by atoms with Crippen LogP contribution in [-0.2, 0) is 4.74 Å². The number of halogens is 1. The minimum Gasteiger partial charge on any atom is -0.507 e. The van der Waals surface area contributed by atoms with Gasteiger partial charge in [-0.25, -0.2) is 18.9 Å². The van der Waals surface area contributed by atoms with Crippen LogP contribution in [0.15, 0.2) is 60.4 Å². The number of H-pyrrole nitrogens is 1. The zero-order chi connectivity index (χ0) is 23.8. The molecule has 10 heteroatoms. The van der Waals surface area contributed by atoms with Crippen LogP contribution in [-0.4, -0.2) is 37.4 Å². The Kier molecular flexibility index (Phi) is 5.31. The van der Waals surface area contributed by atoms with E-state index in [9.17, 15) is 19.6 Å². The molecule has 5 rings (SSSR count). The van der Waals surface area contributed by atoms with E-state index in [0.717, 1.165) is 5.39 Å². The quantitative estimate of drug-likeness (QED) is 0.209. The summed E-state index contributed by atoms with van der Waals surface area (Å²) < 4.78 is 20.2. The first-order valence-electron chi connectivity index (χ1n) is 10.1. The fraction of sp³-hybridized carbons (Fsp3) is 0.0833. The number of carbonyl (C=O) groups is 1. The molecule has 0 radical (unpaired) electrons. The number of aromatic nitrogens is 4. The summed E-state index contributed by atoms with van der Waals surface area (Å²) >= 11 is 1.17. The second-order valence-corrected chi connectivity index (χ2v) is 8.45. The van der Waals surface area contributed by atoms with E-state index in [-0.39, 0.29) is 17.2 Å². The third-order valence-electron chi connectivity index (χ3n) is 5.18. The van der Waals surface area contributed by atoms with Crippen molar-refractivity contribution in [3.8, 4) is 11.8 Å². The van der Waals surface area contributed by atoms with Gasteiger partial charge in [0.25, 0.3) is 0 Å². The summed E-state index contributed by atoms with van der Waals surface area (Å²) in [6, 6.07) is 16.7. The number of esters is 1. The number of benzene rings is 2. The number of hydrogen-bond acceptors (Lipinski definition) is 7. The molecule has 8 nitrogen and oxygen atoms in total. The zero-order valence-electron chi connectivity index (χ0n) is 17.7. The molecular formula is C24H16FN5O3S. The molecule has 0 atom stereocenters. The van der Waals surface area contributed by atoms with E-state index < -0.39 is 18.3 Å². The summed E-state index contributed by atoms with van der Waals surface area (Å²) in [5.41, 5.74) is 2.61. The third kappa shape index (κ3) is 3.78. The van der Waals surface area contributed by atoms with Gasteiger partial charge in [-0.1, -0.05) is 12.1 Å². The highest BCUT2D eigenvalue weighted by Crippen LogP contribution is 2.31. The molecule has 2 N–H and O–H groups in total. The summed E-state index contributed by atoms with van der Waals surface area (Å²) in [5, 5.41) is 25.2. The van der Waals surface area contributed by atoms with Gasteiger partial charge in [-0.2, -0.15) is 10.4 Å². The van der Waals surface area contributed by atoms with E-state index >= 15 is 0 Å². The summed E-state index contributed by atoms with van der Waals surface area (Å²) in [6.45, 7) is 1.32. The Balaban J connectivity index is 1.38. The molecule has 0 aliphatic carbocycles. The van der Waals surface area contributed by atoms with Gasteiger partial charge in [-0.05, 0) is 49.4 Å². The van der Waals surface area contributed by atoms with Gasteiger partial charge in [0.05, 0.1) is 22.4 Å². The van der Waals surface area contributed by atoms with Crippen LogP contribution >= 0.6 is 11.3 Å². The molecule has 0 aliphatic rings. The van der Waals surface area contributed by atoms with Crippen molar-refractivity contribution in [3.63, 3.8) is 0 Å². The van der Waals surface area contributed by atoms with Crippen molar-refractivity contribution in [2.24, 2.45) is 0 Å². The Bertz CT molecular complexity index is 1590. The summed E-state index contributed by atoms with van der Waals surface area (Å²) in [4.78, 5) is 21.0. The lowest BCUT2D eigenvalue weighted by Crippen LogP contribution is -2.08. The molecule has 2 aromatic carbocycles. The topological polar surface area (TPSA) is 117 Å². The van der Waals surface area contributed by atoms with Crippen LogP contribution in [0.5, 0.6) is 0 Å². The number of fused-ring (bicyclic) bond motifs is 2. The van der Waals surface area contributed by atoms with Crippen molar-refractivity contribution >= 4 is 44.1 Å². The van der Waals surface area contributed by atoms with E-state index in [0.29, 0.717) is 32.1 Å². The molecule has 34 heavy (non-hydrogen) atoms. The number of thiophene rings is 1. The summed E-state index contributed by atoms with van der Waals surface area (Å²) in [7, 11) is 0. The van der Waals surface area contributed by atoms with Crippen molar-refractivity contribution < 1.29 is 19.0 Å². The first kappa shape index (κ1) is 21.4. The molecule has 0 saturated heterocycles. The Morgan fingerprint density at radius 3 is 2.76 bits per heavy atom. The molecule has 0 amide bonds. The molecule has 5 aromatic rings. The maximum Gasteiger partial charge on any atom is 0.348 e. The molecular weight excluding hydrogens is 457 g/mol. The van der Waals surface area contributed by atoms with Crippen LogP contribution in [0.25, 0.3) is 32.5 Å². The highest BCUT2D eigenvalue weighted by atomic mass is 32.1. The normalized spacial score (nSPS) is 12.0. The highest BCUT2D eigenvalue weighted by molar-refractivity contribution is 7.20. The van der Waals surface area contributed by atoms with E-state index in [1.54, 1.807) is 35.0 Å². The molecule has 0 saturated carbocycles. The van der Waals surface area contributed by atoms with E-state index in [4.69, 9.17) is 4.74 Å². The van der Waals surface area contributed by atoms with Gasteiger partial charge < -0.3 is 14.8 Å². The number of nitrogens with one attached hydrogen (secondary N) is 1. The van der Waals surface area contributed by atoms with Gasteiger partial charge in [0, 0.05) is 5.39 Å². The van der Waals surface area contributed by atoms with Gasteiger partial charge >= 0.3 is 5.97 Å². The summed E-state index contributed by atoms with van der Waals surface area (Å²) in [5.74, 6) is -1.23. The minimum atomic E-state index is -0.653. The van der Waals surface area contributed by atoms with Gasteiger partial charge in [-0.3, -0.25) is 0 Å². The Morgan fingerprint density at radius 2 is 2.03 bits per heavy atom. The Hall–Kier alpha value is -4.49. The molecule has 3 heterocycles.